The number of aryl methyl sites for hydroxylation is 1. The van der Waals surface area contributed by atoms with Crippen molar-refractivity contribution in [1.82, 2.24) is 9.62 Å². The number of amides is 2. The maximum atomic E-state index is 12.2. The van der Waals surface area contributed by atoms with Crippen LogP contribution < -0.4 is 10.5 Å². The summed E-state index contributed by atoms with van der Waals surface area (Å²) in [5, 5.41) is 0. The highest BCUT2D eigenvalue weighted by molar-refractivity contribution is 7.89. The van der Waals surface area contributed by atoms with Crippen molar-refractivity contribution in [2.75, 3.05) is 13.1 Å². The van der Waals surface area contributed by atoms with E-state index < -0.39 is 16.1 Å². The van der Waals surface area contributed by atoms with E-state index in [1.54, 1.807) is 24.3 Å². The van der Waals surface area contributed by atoms with E-state index in [0.717, 1.165) is 5.56 Å². The zero-order valence-corrected chi connectivity index (χ0v) is 12.2. The number of nitrogens with one attached hydrogen (secondary N) is 1. The summed E-state index contributed by atoms with van der Waals surface area (Å²) < 4.78 is 27.1. The summed E-state index contributed by atoms with van der Waals surface area (Å²) in [5.74, 6) is 0. The van der Waals surface area contributed by atoms with Gasteiger partial charge in [0.1, 0.15) is 0 Å². The number of nitrogens with two attached hydrogens (primary N) is 1. The fourth-order valence-electron chi connectivity index (χ4n) is 2.22. The van der Waals surface area contributed by atoms with Crippen LogP contribution in [0.1, 0.15) is 18.4 Å². The van der Waals surface area contributed by atoms with Crippen LogP contribution in [0.25, 0.3) is 0 Å². The Kier molecular flexibility index (Phi) is 4.29. The summed E-state index contributed by atoms with van der Waals surface area (Å²) >= 11 is 0. The summed E-state index contributed by atoms with van der Waals surface area (Å²) in [6.45, 7) is 2.87. The number of hydrogen-bond acceptors (Lipinski definition) is 3. The molecule has 0 spiro atoms. The summed E-state index contributed by atoms with van der Waals surface area (Å²) in [4.78, 5) is 12.8. The minimum absolute atomic E-state index is 0.156. The van der Waals surface area contributed by atoms with E-state index in [-0.39, 0.29) is 10.9 Å². The van der Waals surface area contributed by atoms with Crippen molar-refractivity contribution in [2.24, 2.45) is 5.73 Å². The Morgan fingerprint density at radius 2 is 1.80 bits per heavy atom. The third-order valence-corrected chi connectivity index (χ3v) is 5.00. The van der Waals surface area contributed by atoms with Crippen molar-refractivity contribution in [3.05, 3.63) is 29.8 Å². The zero-order valence-electron chi connectivity index (χ0n) is 11.4. The summed E-state index contributed by atoms with van der Waals surface area (Å²) in [7, 11) is -3.50. The average molecular weight is 297 g/mol. The molecule has 20 heavy (non-hydrogen) atoms. The number of benzene rings is 1. The van der Waals surface area contributed by atoms with Crippen LogP contribution in [0.5, 0.6) is 0 Å². The van der Waals surface area contributed by atoms with Gasteiger partial charge in [-0.3, -0.25) is 0 Å². The Balaban J connectivity index is 2.00. The molecule has 1 aliphatic heterocycles. The quantitative estimate of drug-likeness (QED) is 0.865. The molecular formula is C13H19N3O3S. The first-order valence-corrected chi connectivity index (χ1v) is 8.00. The van der Waals surface area contributed by atoms with E-state index >= 15 is 0 Å². The van der Waals surface area contributed by atoms with Gasteiger partial charge in [0.15, 0.2) is 0 Å². The molecule has 0 aromatic heterocycles. The van der Waals surface area contributed by atoms with E-state index in [0.29, 0.717) is 25.9 Å². The number of nitrogens with zero attached hydrogens (tertiary/aromatic N) is 1. The SMILES string of the molecule is Cc1ccc(S(=O)(=O)NC2CCN(C(N)=O)CC2)cc1. The fraction of sp³-hybridized carbons (Fsp3) is 0.462. The lowest BCUT2D eigenvalue weighted by Gasteiger charge is -2.30. The molecule has 110 valence electrons. The number of rotatable bonds is 3. The molecule has 0 radical (unpaired) electrons. The summed E-state index contributed by atoms with van der Waals surface area (Å²) in [6, 6.07) is 6.11. The molecule has 0 saturated carbocycles. The van der Waals surface area contributed by atoms with Gasteiger partial charge >= 0.3 is 6.03 Å². The summed E-state index contributed by atoms with van der Waals surface area (Å²) in [5.41, 5.74) is 6.21. The number of sulfonamides is 1. The molecule has 1 heterocycles. The second-order valence-corrected chi connectivity index (χ2v) is 6.75. The number of carbonyl (C=O) groups is 1. The number of carbonyl (C=O) groups excluding carboxylic acids is 1. The molecule has 1 aromatic rings. The standard InChI is InChI=1S/C13H19N3O3S/c1-10-2-4-12(5-3-10)20(18,19)15-11-6-8-16(9-7-11)13(14)17/h2-5,11,15H,6-9H2,1H3,(H2,14,17). The van der Waals surface area contributed by atoms with E-state index in [9.17, 15) is 13.2 Å². The first-order chi connectivity index (χ1) is 9.38. The molecule has 2 amide bonds. The molecule has 1 aliphatic rings. The highest BCUT2D eigenvalue weighted by Gasteiger charge is 2.25. The van der Waals surface area contributed by atoms with Gasteiger partial charge in [0.25, 0.3) is 0 Å². The van der Waals surface area contributed by atoms with E-state index in [1.165, 1.54) is 4.90 Å². The molecule has 3 N–H and O–H groups in total. The van der Waals surface area contributed by atoms with Crippen molar-refractivity contribution < 1.29 is 13.2 Å². The highest BCUT2D eigenvalue weighted by atomic mass is 32.2. The largest absolute Gasteiger partial charge is 0.351 e. The van der Waals surface area contributed by atoms with Gasteiger partial charge < -0.3 is 10.6 Å². The molecule has 0 atom stereocenters. The Labute approximate surface area is 119 Å². The topological polar surface area (TPSA) is 92.5 Å². The highest BCUT2D eigenvalue weighted by Crippen LogP contribution is 2.15. The third-order valence-electron chi connectivity index (χ3n) is 3.46. The molecule has 0 bridgehead atoms. The van der Waals surface area contributed by atoms with Crippen LogP contribution in [0.3, 0.4) is 0 Å². The van der Waals surface area contributed by atoms with Crippen LogP contribution >= 0.6 is 0 Å². The predicted molar refractivity (Wildman–Crippen MR) is 75.7 cm³/mol. The van der Waals surface area contributed by atoms with Crippen LogP contribution in [0, 0.1) is 6.92 Å². The molecule has 0 aliphatic carbocycles. The summed E-state index contributed by atoms with van der Waals surface area (Å²) in [6.07, 6.45) is 1.15. The molecule has 1 aromatic carbocycles. The normalized spacial score (nSPS) is 17.1. The van der Waals surface area contributed by atoms with Crippen molar-refractivity contribution in [3.63, 3.8) is 0 Å². The predicted octanol–water partition coefficient (Wildman–Crippen LogP) is 0.816. The molecular weight excluding hydrogens is 278 g/mol. The maximum Gasteiger partial charge on any atom is 0.314 e. The van der Waals surface area contributed by atoms with Gasteiger partial charge in [-0.05, 0) is 31.9 Å². The zero-order chi connectivity index (χ0) is 14.8. The fourth-order valence-corrected chi connectivity index (χ4v) is 3.53. The minimum atomic E-state index is -3.50. The van der Waals surface area contributed by atoms with Gasteiger partial charge in [0.05, 0.1) is 4.90 Å². The smallest absolute Gasteiger partial charge is 0.314 e. The van der Waals surface area contributed by atoms with Crippen LogP contribution in [-0.4, -0.2) is 38.5 Å². The number of hydrogen-bond donors (Lipinski definition) is 2. The van der Waals surface area contributed by atoms with Gasteiger partial charge in [0.2, 0.25) is 10.0 Å². The minimum Gasteiger partial charge on any atom is -0.351 e. The van der Waals surface area contributed by atoms with Crippen molar-refractivity contribution in [2.45, 2.75) is 30.7 Å². The molecule has 1 saturated heterocycles. The van der Waals surface area contributed by atoms with Crippen LogP contribution in [0.4, 0.5) is 4.79 Å². The Bertz CT molecular complexity index is 575. The first kappa shape index (κ1) is 14.8. The Morgan fingerprint density at radius 1 is 1.25 bits per heavy atom. The number of likely N-dealkylation sites (tertiary alicyclic amines) is 1. The van der Waals surface area contributed by atoms with E-state index in [2.05, 4.69) is 4.72 Å². The number of primary amides is 1. The molecule has 0 unspecified atom stereocenters. The van der Waals surface area contributed by atoms with Crippen molar-refractivity contribution in [3.8, 4) is 0 Å². The van der Waals surface area contributed by atoms with Crippen LogP contribution in [-0.2, 0) is 10.0 Å². The lowest BCUT2D eigenvalue weighted by atomic mass is 10.1. The Hall–Kier alpha value is -1.60. The molecule has 1 fully saturated rings. The average Bonchev–Trinajstić information content (AvgIpc) is 2.39. The lowest BCUT2D eigenvalue weighted by Crippen LogP contribution is -2.48. The first-order valence-electron chi connectivity index (χ1n) is 6.52. The lowest BCUT2D eigenvalue weighted by molar-refractivity contribution is 0.189. The van der Waals surface area contributed by atoms with Gasteiger partial charge in [-0.15, -0.1) is 0 Å². The van der Waals surface area contributed by atoms with E-state index in [4.69, 9.17) is 5.73 Å². The van der Waals surface area contributed by atoms with E-state index in [1.807, 2.05) is 6.92 Å². The van der Waals surface area contributed by atoms with Gasteiger partial charge in [-0.2, -0.15) is 0 Å². The molecule has 7 heteroatoms. The van der Waals surface area contributed by atoms with Crippen molar-refractivity contribution >= 4 is 16.1 Å². The monoisotopic (exact) mass is 297 g/mol. The number of urea groups is 1. The Morgan fingerprint density at radius 3 is 2.30 bits per heavy atom. The number of piperidine rings is 1. The maximum absolute atomic E-state index is 12.2. The van der Waals surface area contributed by atoms with Crippen LogP contribution in [0.15, 0.2) is 29.2 Å². The van der Waals surface area contributed by atoms with Crippen LogP contribution in [0.2, 0.25) is 0 Å². The van der Waals surface area contributed by atoms with Gasteiger partial charge in [-0.1, -0.05) is 17.7 Å². The molecule has 2 rings (SSSR count). The van der Waals surface area contributed by atoms with Gasteiger partial charge in [0, 0.05) is 19.1 Å². The molecule has 6 nitrogen and oxygen atoms in total. The van der Waals surface area contributed by atoms with Crippen molar-refractivity contribution in [1.29, 1.82) is 0 Å². The second kappa shape index (κ2) is 5.80. The van der Waals surface area contributed by atoms with Gasteiger partial charge in [-0.25, -0.2) is 17.9 Å². The third kappa shape index (κ3) is 3.49. The second-order valence-electron chi connectivity index (χ2n) is 5.03.